The molecule has 108 valence electrons. The largest absolute Gasteiger partial charge is 0.354 e. The molecule has 3 N–H and O–H groups in total. The van der Waals surface area contributed by atoms with E-state index in [4.69, 9.17) is 28.9 Å². The number of amides is 1. The number of carbonyl (C=O) groups excluding carboxylic acids is 1. The Kier molecular flexibility index (Phi) is 3.93. The summed E-state index contributed by atoms with van der Waals surface area (Å²) in [5, 5.41) is 4.20. The summed E-state index contributed by atoms with van der Waals surface area (Å²) in [5.41, 5.74) is 7.03. The molecule has 2 aliphatic rings. The van der Waals surface area contributed by atoms with Crippen LogP contribution in [0, 0.1) is 11.8 Å². The molecular formula is C15H18Cl2N2O. The topological polar surface area (TPSA) is 55.1 Å². The number of halogens is 2. The van der Waals surface area contributed by atoms with E-state index in [1.165, 1.54) is 12.8 Å². The molecule has 0 saturated heterocycles. The predicted molar refractivity (Wildman–Crippen MR) is 81.0 cm³/mol. The number of hydrogen-bond donors (Lipinski definition) is 2. The zero-order chi connectivity index (χ0) is 14.3. The van der Waals surface area contributed by atoms with Gasteiger partial charge < -0.3 is 11.1 Å². The highest BCUT2D eigenvalue weighted by Gasteiger charge is 2.44. The molecule has 1 aromatic carbocycles. The van der Waals surface area contributed by atoms with Crippen molar-refractivity contribution in [1.82, 2.24) is 5.32 Å². The van der Waals surface area contributed by atoms with E-state index >= 15 is 0 Å². The van der Waals surface area contributed by atoms with E-state index in [-0.39, 0.29) is 23.8 Å². The van der Waals surface area contributed by atoms with Crippen molar-refractivity contribution in [2.75, 3.05) is 6.54 Å². The molecule has 3 unspecified atom stereocenters. The Morgan fingerprint density at radius 1 is 1.30 bits per heavy atom. The summed E-state index contributed by atoms with van der Waals surface area (Å²) in [4.78, 5) is 12.1. The van der Waals surface area contributed by atoms with Crippen molar-refractivity contribution in [3.8, 4) is 0 Å². The van der Waals surface area contributed by atoms with E-state index in [1.54, 1.807) is 6.07 Å². The Morgan fingerprint density at radius 3 is 2.55 bits per heavy atom. The van der Waals surface area contributed by atoms with Crippen molar-refractivity contribution in [3.05, 3.63) is 33.8 Å². The summed E-state index contributed by atoms with van der Waals surface area (Å²) in [6.07, 6.45) is 3.26. The third-order valence-electron chi connectivity index (χ3n) is 4.18. The van der Waals surface area contributed by atoms with Gasteiger partial charge in [0.2, 0.25) is 5.91 Å². The summed E-state index contributed by atoms with van der Waals surface area (Å²) < 4.78 is 0. The van der Waals surface area contributed by atoms with Crippen molar-refractivity contribution in [1.29, 1.82) is 0 Å². The second-order valence-electron chi connectivity index (χ2n) is 5.90. The highest BCUT2D eigenvalue weighted by molar-refractivity contribution is 6.34. The van der Waals surface area contributed by atoms with Crippen LogP contribution < -0.4 is 11.1 Å². The monoisotopic (exact) mass is 312 g/mol. The standard InChI is InChI=1S/C15H18Cl2N2O/c16-10-3-9(4-11(17)5-10)12-6-13(12)15(20)19-7-14(18)8-1-2-8/h3-5,8,12-14H,1-2,6-7,18H2,(H,19,20). The van der Waals surface area contributed by atoms with Crippen molar-refractivity contribution in [3.63, 3.8) is 0 Å². The quantitative estimate of drug-likeness (QED) is 0.878. The van der Waals surface area contributed by atoms with Crippen LogP contribution in [0.15, 0.2) is 18.2 Å². The number of benzene rings is 1. The summed E-state index contributed by atoms with van der Waals surface area (Å²) in [6.45, 7) is 0.586. The molecular weight excluding hydrogens is 295 g/mol. The average Bonchev–Trinajstić information content (AvgIpc) is 3.27. The van der Waals surface area contributed by atoms with Crippen LogP contribution in [0.25, 0.3) is 0 Å². The molecule has 2 aliphatic carbocycles. The van der Waals surface area contributed by atoms with Gasteiger partial charge in [0.1, 0.15) is 0 Å². The molecule has 3 nitrogen and oxygen atoms in total. The van der Waals surface area contributed by atoms with Crippen molar-refractivity contribution in [2.24, 2.45) is 17.6 Å². The first-order valence-electron chi connectivity index (χ1n) is 7.04. The lowest BCUT2D eigenvalue weighted by Crippen LogP contribution is -2.39. The van der Waals surface area contributed by atoms with Crippen molar-refractivity contribution in [2.45, 2.75) is 31.2 Å². The highest BCUT2D eigenvalue weighted by Crippen LogP contribution is 2.48. The minimum absolute atomic E-state index is 0.0379. The SMILES string of the molecule is NC(CNC(=O)C1CC1c1cc(Cl)cc(Cl)c1)C1CC1. The molecule has 2 fully saturated rings. The van der Waals surface area contributed by atoms with E-state index < -0.39 is 0 Å². The molecule has 20 heavy (non-hydrogen) atoms. The molecule has 1 amide bonds. The summed E-state index contributed by atoms with van der Waals surface area (Å²) in [5.74, 6) is 0.985. The van der Waals surface area contributed by atoms with Crippen molar-refractivity contribution >= 4 is 29.1 Å². The summed E-state index contributed by atoms with van der Waals surface area (Å²) in [7, 11) is 0. The number of nitrogens with two attached hydrogens (primary N) is 1. The smallest absolute Gasteiger partial charge is 0.223 e. The van der Waals surface area contributed by atoms with Crippen LogP contribution in [-0.2, 0) is 4.79 Å². The first-order valence-corrected chi connectivity index (χ1v) is 7.79. The molecule has 5 heteroatoms. The molecule has 0 aliphatic heterocycles. The minimum atomic E-state index is 0.0379. The maximum Gasteiger partial charge on any atom is 0.223 e. The van der Waals surface area contributed by atoms with E-state index in [0.29, 0.717) is 22.5 Å². The second kappa shape index (κ2) is 5.55. The van der Waals surface area contributed by atoms with Crippen LogP contribution in [0.5, 0.6) is 0 Å². The fraction of sp³-hybridized carbons (Fsp3) is 0.533. The van der Waals surface area contributed by atoms with Gasteiger partial charge in [0.15, 0.2) is 0 Å². The van der Waals surface area contributed by atoms with Crippen molar-refractivity contribution < 1.29 is 4.79 Å². The maximum absolute atomic E-state index is 12.1. The molecule has 2 saturated carbocycles. The lowest BCUT2D eigenvalue weighted by atomic mass is 10.1. The van der Waals surface area contributed by atoms with E-state index in [2.05, 4.69) is 5.32 Å². The van der Waals surface area contributed by atoms with Crippen LogP contribution in [-0.4, -0.2) is 18.5 Å². The predicted octanol–water partition coefficient (Wildman–Crippen LogP) is 2.95. The van der Waals surface area contributed by atoms with Gasteiger partial charge in [-0.15, -0.1) is 0 Å². The lowest BCUT2D eigenvalue weighted by Gasteiger charge is -2.11. The second-order valence-corrected chi connectivity index (χ2v) is 6.77. The van der Waals surface area contributed by atoms with E-state index in [9.17, 15) is 4.79 Å². The van der Waals surface area contributed by atoms with E-state index in [1.807, 2.05) is 12.1 Å². The summed E-state index contributed by atoms with van der Waals surface area (Å²) >= 11 is 12.0. The Bertz CT molecular complexity index is 510. The van der Waals surface area contributed by atoms with E-state index in [0.717, 1.165) is 12.0 Å². The van der Waals surface area contributed by atoms with Gasteiger partial charge in [-0.3, -0.25) is 4.79 Å². The highest BCUT2D eigenvalue weighted by atomic mass is 35.5. The normalized spacial score (nSPS) is 26.1. The lowest BCUT2D eigenvalue weighted by molar-refractivity contribution is -0.122. The number of carbonyl (C=O) groups is 1. The first kappa shape index (κ1) is 14.2. The third-order valence-corrected chi connectivity index (χ3v) is 4.62. The van der Waals surface area contributed by atoms with Gasteiger partial charge in [-0.25, -0.2) is 0 Å². The molecule has 0 heterocycles. The zero-order valence-corrected chi connectivity index (χ0v) is 12.6. The first-order chi connectivity index (χ1) is 9.54. The van der Waals surface area contributed by atoms with Crippen LogP contribution in [0.1, 0.15) is 30.7 Å². The molecule has 0 spiro atoms. The van der Waals surface area contributed by atoms with Crippen LogP contribution >= 0.6 is 23.2 Å². The third kappa shape index (κ3) is 3.27. The Labute approximate surface area is 128 Å². The fourth-order valence-corrected chi connectivity index (χ4v) is 3.23. The molecule has 1 aromatic rings. The number of nitrogens with one attached hydrogen (secondary N) is 1. The molecule has 0 bridgehead atoms. The zero-order valence-electron chi connectivity index (χ0n) is 11.1. The number of rotatable bonds is 5. The van der Waals surface area contributed by atoms with Gasteiger partial charge >= 0.3 is 0 Å². The van der Waals surface area contributed by atoms with Gasteiger partial charge in [0.05, 0.1) is 0 Å². The fourth-order valence-electron chi connectivity index (χ4n) is 2.68. The molecule has 0 aromatic heterocycles. The number of hydrogen-bond acceptors (Lipinski definition) is 2. The molecule has 3 rings (SSSR count). The van der Waals surface area contributed by atoms with Gasteiger partial charge in [-0.05, 0) is 54.9 Å². The Morgan fingerprint density at radius 2 is 1.95 bits per heavy atom. The van der Waals surface area contributed by atoms with Crippen LogP contribution in [0.2, 0.25) is 10.0 Å². The van der Waals surface area contributed by atoms with Gasteiger partial charge in [-0.1, -0.05) is 23.2 Å². The van der Waals surface area contributed by atoms with Crippen LogP contribution in [0.4, 0.5) is 0 Å². The summed E-state index contributed by atoms with van der Waals surface area (Å²) in [6, 6.07) is 5.60. The van der Waals surface area contributed by atoms with Gasteiger partial charge in [0.25, 0.3) is 0 Å². The Balaban J connectivity index is 1.53. The minimum Gasteiger partial charge on any atom is -0.354 e. The molecule has 3 atom stereocenters. The van der Waals surface area contributed by atoms with Gasteiger partial charge in [0, 0.05) is 28.5 Å². The Hall–Kier alpha value is -0.770. The molecule has 0 radical (unpaired) electrons. The van der Waals surface area contributed by atoms with Crippen LogP contribution in [0.3, 0.4) is 0 Å². The maximum atomic E-state index is 12.1. The average molecular weight is 313 g/mol. The van der Waals surface area contributed by atoms with Gasteiger partial charge in [-0.2, -0.15) is 0 Å².